The SMILES string of the molecule is O=C(O)N1CCC[C@@H](Nc2nccc3cc(Br)ccc23)C1. The lowest BCUT2D eigenvalue weighted by atomic mass is 10.1. The van der Waals surface area contributed by atoms with Gasteiger partial charge in [0.15, 0.2) is 0 Å². The number of benzene rings is 1. The second-order valence-corrected chi connectivity index (χ2v) is 6.15. The number of rotatable bonds is 2. The Bertz CT molecular complexity index is 677. The Labute approximate surface area is 131 Å². The minimum absolute atomic E-state index is 0.108. The van der Waals surface area contributed by atoms with Crippen molar-refractivity contribution < 1.29 is 9.90 Å². The van der Waals surface area contributed by atoms with Gasteiger partial charge < -0.3 is 15.3 Å². The molecule has 6 heteroatoms. The van der Waals surface area contributed by atoms with E-state index in [0.717, 1.165) is 33.9 Å². The topological polar surface area (TPSA) is 65.5 Å². The highest BCUT2D eigenvalue weighted by atomic mass is 79.9. The summed E-state index contributed by atoms with van der Waals surface area (Å²) in [5.41, 5.74) is 0. The van der Waals surface area contributed by atoms with Crippen LogP contribution in [0.1, 0.15) is 12.8 Å². The monoisotopic (exact) mass is 349 g/mol. The Hall–Kier alpha value is -1.82. The fourth-order valence-corrected chi connectivity index (χ4v) is 3.10. The van der Waals surface area contributed by atoms with E-state index < -0.39 is 6.09 Å². The van der Waals surface area contributed by atoms with E-state index in [4.69, 9.17) is 5.11 Å². The van der Waals surface area contributed by atoms with Crippen molar-refractivity contribution in [2.24, 2.45) is 0 Å². The van der Waals surface area contributed by atoms with Gasteiger partial charge >= 0.3 is 6.09 Å². The molecular weight excluding hydrogens is 334 g/mol. The molecule has 0 bridgehead atoms. The molecule has 110 valence electrons. The van der Waals surface area contributed by atoms with Crippen molar-refractivity contribution in [3.8, 4) is 0 Å². The molecule has 0 spiro atoms. The molecule has 2 N–H and O–H groups in total. The van der Waals surface area contributed by atoms with Crippen LogP contribution in [0.5, 0.6) is 0 Å². The smallest absolute Gasteiger partial charge is 0.407 e. The normalized spacial score (nSPS) is 18.7. The average molecular weight is 350 g/mol. The Balaban J connectivity index is 1.83. The van der Waals surface area contributed by atoms with Crippen molar-refractivity contribution in [2.75, 3.05) is 18.4 Å². The fourth-order valence-electron chi connectivity index (χ4n) is 2.73. The van der Waals surface area contributed by atoms with Crippen LogP contribution in [0, 0.1) is 0 Å². The van der Waals surface area contributed by atoms with Crippen LogP contribution in [0.15, 0.2) is 34.9 Å². The molecule has 3 rings (SSSR count). The van der Waals surface area contributed by atoms with Crippen LogP contribution in [-0.4, -0.2) is 40.2 Å². The molecule has 1 aromatic heterocycles. The number of piperidine rings is 1. The number of carboxylic acid groups (broad SMARTS) is 1. The van der Waals surface area contributed by atoms with Crippen molar-refractivity contribution in [1.29, 1.82) is 0 Å². The summed E-state index contributed by atoms with van der Waals surface area (Å²) in [5.74, 6) is 0.817. The zero-order valence-corrected chi connectivity index (χ0v) is 13.0. The maximum Gasteiger partial charge on any atom is 0.407 e. The van der Waals surface area contributed by atoms with Gasteiger partial charge in [0.25, 0.3) is 0 Å². The summed E-state index contributed by atoms with van der Waals surface area (Å²) in [6.07, 6.45) is 2.75. The number of anilines is 1. The molecule has 1 atom stereocenters. The van der Waals surface area contributed by atoms with Gasteiger partial charge in [-0.1, -0.05) is 15.9 Å². The van der Waals surface area contributed by atoms with Crippen molar-refractivity contribution in [2.45, 2.75) is 18.9 Å². The Kier molecular flexibility index (Phi) is 3.96. The molecular formula is C15H16BrN3O2. The second-order valence-electron chi connectivity index (χ2n) is 5.24. The predicted octanol–water partition coefficient (Wildman–Crippen LogP) is 3.55. The molecule has 5 nitrogen and oxygen atoms in total. The van der Waals surface area contributed by atoms with E-state index >= 15 is 0 Å². The summed E-state index contributed by atoms with van der Waals surface area (Å²) in [6, 6.07) is 8.13. The number of nitrogens with zero attached hydrogens (tertiary/aromatic N) is 2. The lowest BCUT2D eigenvalue weighted by molar-refractivity contribution is 0.133. The highest BCUT2D eigenvalue weighted by Crippen LogP contribution is 2.26. The lowest BCUT2D eigenvalue weighted by Gasteiger charge is -2.31. The van der Waals surface area contributed by atoms with E-state index in [1.54, 1.807) is 6.20 Å². The zero-order chi connectivity index (χ0) is 14.8. The molecule has 21 heavy (non-hydrogen) atoms. The van der Waals surface area contributed by atoms with E-state index in [0.29, 0.717) is 13.1 Å². The van der Waals surface area contributed by atoms with Gasteiger partial charge in [-0.05, 0) is 42.5 Å². The van der Waals surface area contributed by atoms with E-state index in [1.165, 1.54) is 4.90 Å². The molecule has 1 aromatic carbocycles. The third-order valence-corrected chi connectivity index (χ3v) is 4.25. The molecule has 1 aliphatic rings. The number of nitrogens with one attached hydrogen (secondary N) is 1. The third kappa shape index (κ3) is 3.10. The maximum atomic E-state index is 11.1. The van der Waals surface area contributed by atoms with Crippen molar-refractivity contribution in [1.82, 2.24) is 9.88 Å². The molecule has 1 amide bonds. The number of fused-ring (bicyclic) bond motifs is 1. The lowest BCUT2D eigenvalue weighted by Crippen LogP contribution is -2.44. The molecule has 0 saturated carbocycles. The molecule has 0 radical (unpaired) electrons. The van der Waals surface area contributed by atoms with E-state index in [1.807, 2.05) is 24.3 Å². The van der Waals surface area contributed by atoms with E-state index in [-0.39, 0.29) is 6.04 Å². The van der Waals surface area contributed by atoms with Gasteiger partial charge in [0.1, 0.15) is 5.82 Å². The van der Waals surface area contributed by atoms with E-state index in [2.05, 4.69) is 26.2 Å². The predicted molar refractivity (Wildman–Crippen MR) is 85.7 cm³/mol. The number of hydrogen-bond donors (Lipinski definition) is 2. The van der Waals surface area contributed by atoms with Gasteiger partial charge in [0, 0.05) is 35.2 Å². The summed E-state index contributed by atoms with van der Waals surface area (Å²) >= 11 is 3.47. The van der Waals surface area contributed by atoms with Gasteiger partial charge in [0.2, 0.25) is 0 Å². The number of hydrogen-bond acceptors (Lipinski definition) is 3. The van der Waals surface area contributed by atoms with Gasteiger partial charge in [-0.3, -0.25) is 0 Å². The van der Waals surface area contributed by atoms with Crippen molar-refractivity contribution >= 4 is 38.6 Å². The first-order valence-electron chi connectivity index (χ1n) is 6.92. The number of amides is 1. The van der Waals surface area contributed by atoms with Crippen LogP contribution in [0.2, 0.25) is 0 Å². The molecule has 2 aromatic rings. The van der Waals surface area contributed by atoms with E-state index in [9.17, 15) is 4.79 Å². The zero-order valence-electron chi connectivity index (χ0n) is 11.4. The first-order chi connectivity index (χ1) is 10.1. The van der Waals surface area contributed by atoms with Gasteiger partial charge in [0.05, 0.1) is 0 Å². The van der Waals surface area contributed by atoms with Crippen LogP contribution in [0.25, 0.3) is 10.8 Å². The summed E-state index contributed by atoms with van der Waals surface area (Å²) in [6.45, 7) is 1.12. The number of likely N-dealkylation sites (tertiary alicyclic amines) is 1. The molecule has 2 heterocycles. The molecule has 1 saturated heterocycles. The summed E-state index contributed by atoms with van der Waals surface area (Å²) in [4.78, 5) is 16.9. The summed E-state index contributed by atoms with van der Waals surface area (Å²) in [5, 5.41) is 14.7. The van der Waals surface area contributed by atoms with Gasteiger partial charge in [-0.25, -0.2) is 9.78 Å². The Morgan fingerprint density at radius 3 is 3.10 bits per heavy atom. The van der Waals surface area contributed by atoms with Crippen LogP contribution >= 0.6 is 15.9 Å². The van der Waals surface area contributed by atoms with Crippen LogP contribution < -0.4 is 5.32 Å². The molecule has 1 aliphatic heterocycles. The maximum absolute atomic E-state index is 11.1. The first-order valence-corrected chi connectivity index (χ1v) is 7.71. The fraction of sp³-hybridized carbons (Fsp3) is 0.333. The van der Waals surface area contributed by atoms with Gasteiger partial charge in [-0.15, -0.1) is 0 Å². The largest absolute Gasteiger partial charge is 0.465 e. The standard InChI is InChI=1S/C15H16BrN3O2/c16-11-3-4-13-10(8-11)5-6-17-14(13)18-12-2-1-7-19(9-12)15(20)21/h3-6,8,12H,1-2,7,9H2,(H,17,18)(H,20,21)/t12-/m1/s1. The summed E-state index contributed by atoms with van der Waals surface area (Å²) in [7, 11) is 0. The first kappa shape index (κ1) is 14.1. The summed E-state index contributed by atoms with van der Waals surface area (Å²) < 4.78 is 1.03. The molecule has 1 fully saturated rings. The van der Waals surface area contributed by atoms with Crippen LogP contribution in [0.4, 0.5) is 10.6 Å². The van der Waals surface area contributed by atoms with Crippen molar-refractivity contribution in [3.63, 3.8) is 0 Å². The number of carbonyl (C=O) groups is 1. The molecule has 0 aliphatic carbocycles. The van der Waals surface area contributed by atoms with Crippen molar-refractivity contribution in [3.05, 3.63) is 34.9 Å². The Morgan fingerprint density at radius 2 is 2.29 bits per heavy atom. The Morgan fingerprint density at radius 1 is 1.43 bits per heavy atom. The quantitative estimate of drug-likeness (QED) is 0.869. The second kappa shape index (κ2) is 5.89. The average Bonchev–Trinajstić information content (AvgIpc) is 2.47. The molecule has 0 unspecified atom stereocenters. The number of aromatic nitrogens is 1. The van der Waals surface area contributed by atoms with Gasteiger partial charge in [-0.2, -0.15) is 0 Å². The van der Waals surface area contributed by atoms with Crippen LogP contribution in [0.3, 0.4) is 0 Å². The van der Waals surface area contributed by atoms with Crippen LogP contribution in [-0.2, 0) is 0 Å². The minimum atomic E-state index is -0.851. The highest BCUT2D eigenvalue weighted by molar-refractivity contribution is 9.10. The minimum Gasteiger partial charge on any atom is -0.465 e. The highest BCUT2D eigenvalue weighted by Gasteiger charge is 2.23. The third-order valence-electron chi connectivity index (χ3n) is 3.76. The number of pyridine rings is 1. The number of halogens is 1.